The van der Waals surface area contributed by atoms with Gasteiger partial charge in [0, 0.05) is 32.4 Å². The van der Waals surface area contributed by atoms with E-state index in [9.17, 15) is 14.9 Å². The summed E-state index contributed by atoms with van der Waals surface area (Å²) in [5.41, 5.74) is 2.07. The summed E-state index contributed by atoms with van der Waals surface area (Å²) in [5, 5.41) is 12.1. The van der Waals surface area contributed by atoms with Gasteiger partial charge in [-0.1, -0.05) is 60.7 Å². The lowest BCUT2D eigenvalue weighted by Crippen LogP contribution is -2.48. The quantitative estimate of drug-likeness (QED) is 0.235. The lowest BCUT2D eigenvalue weighted by molar-refractivity contribution is -0.385. The Morgan fingerprint density at radius 1 is 0.944 bits per heavy atom. The molecule has 5 rings (SSSR count). The van der Waals surface area contributed by atoms with Gasteiger partial charge in [-0.2, -0.15) is 0 Å². The fourth-order valence-electron chi connectivity index (χ4n) is 5.01. The van der Waals surface area contributed by atoms with Crippen LogP contribution < -0.4 is 10.5 Å². The third-order valence-electron chi connectivity index (χ3n) is 6.59. The Hall–Kier alpha value is -4.55. The zero-order valence-electron chi connectivity index (χ0n) is 19.5. The summed E-state index contributed by atoms with van der Waals surface area (Å²) in [7, 11) is 0. The largest absolute Gasteiger partial charge is 0.361 e. The van der Waals surface area contributed by atoms with Crippen molar-refractivity contribution in [1.29, 1.82) is 0 Å². The van der Waals surface area contributed by atoms with Crippen molar-refractivity contribution in [2.24, 2.45) is 0 Å². The van der Waals surface area contributed by atoms with Crippen LogP contribution in [-0.2, 0) is 6.67 Å². The third-order valence-corrected chi connectivity index (χ3v) is 6.59. The van der Waals surface area contributed by atoms with Crippen molar-refractivity contribution >= 4 is 22.4 Å². The number of rotatable bonds is 6. The molecule has 0 bridgehead atoms. The topological polar surface area (TPSA) is 88.9 Å². The van der Waals surface area contributed by atoms with Crippen molar-refractivity contribution in [3.05, 3.63) is 122 Å². The van der Waals surface area contributed by atoms with Crippen LogP contribution in [0.25, 0.3) is 15.9 Å². The first-order chi connectivity index (χ1) is 17.6. The molecule has 1 saturated heterocycles. The molecule has 9 nitrogen and oxygen atoms in total. The van der Waals surface area contributed by atoms with E-state index in [0.29, 0.717) is 37.2 Å². The summed E-state index contributed by atoms with van der Waals surface area (Å²) < 4.78 is 1.13. The zero-order chi connectivity index (χ0) is 25.1. The first kappa shape index (κ1) is 23.2. The second kappa shape index (κ2) is 9.98. The molecule has 1 aliphatic rings. The fourth-order valence-corrected chi connectivity index (χ4v) is 5.01. The van der Waals surface area contributed by atoms with Gasteiger partial charge in [0.05, 0.1) is 16.5 Å². The standard InChI is InChI=1S/C27H24N6O3/c1-28-19-32-22-13-8-14-29-23(22)25(26(27(32)34)33(35)36)31-17-15-30(16-18-31)24(20-9-4-2-5-10-20)21-11-6-3-7-12-21/h2-14,24H,15-19H2. The molecule has 0 N–H and O–H groups in total. The molecule has 180 valence electrons. The van der Waals surface area contributed by atoms with Crippen molar-refractivity contribution in [3.63, 3.8) is 0 Å². The molecule has 2 aromatic carbocycles. The van der Waals surface area contributed by atoms with E-state index in [2.05, 4.69) is 39.0 Å². The van der Waals surface area contributed by atoms with Crippen LogP contribution in [0.5, 0.6) is 0 Å². The summed E-state index contributed by atoms with van der Waals surface area (Å²) in [4.78, 5) is 36.5. The van der Waals surface area contributed by atoms with E-state index in [0.717, 1.165) is 4.57 Å². The maximum absolute atomic E-state index is 13.1. The first-order valence-electron chi connectivity index (χ1n) is 11.7. The third kappa shape index (κ3) is 4.19. The van der Waals surface area contributed by atoms with Gasteiger partial charge in [0.1, 0.15) is 11.2 Å². The maximum atomic E-state index is 13.1. The van der Waals surface area contributed by atoms with Crippen molar-refractivity contribution in [1.82, 2.24) is 14.5 Å². The van der Waals surface area contributed by atoms with Crippen molar-refractivity contribution in [2.75, 3.05) is 31.1 Å². The van der Waals surface area contributed by atoms with Crippen LogP contribution in [-0.4, -0.2) is 45.6 Å². The van der Waals surface area contributed by atoms with Gasteiger partial charge in [-0.3, -0.25) is 29.6 Å². The number of hydrogen-bond acceptors (Lipinski definition) is 6. The first-order valence-corrected chi connectivity index (χ1v) is 11.7. The average Bonchev–Trinajstić information content (AvgIpc) is 2.91. The predicted molar refractivity (Wildman–Crippen MR) is 138 cm³/mol. The highest BCUT2D eigenvalue weighted by Crippen LogP contribution is 2.35. The summed E-state index contributed by atoms with van der Waals surface area (Å²) >= 11 is 0. The van der Waals surface area contributed by atoms with E-state index >= 15 is 0 Å². The summed E-state index contributed by atoms with van der Waals surface area (Å²) in [6, 6.07) is 24.0. The second-order valence-electron chi connectivity index (χ2n) is 8.61. The van der Waals surface area contributed by atoms with Crippen molar-refractivity contribution < 1.29 is 4.92 Å². The number of anilines is 1. The molecular weight excluding hydrogens is 456 g/mol. The number of pyridine rings is 2. The molecule has 4 aromatic rings. The SMILES string of the molecule is [C-]#[N+]Cn1c(=O)c([N+](=O)[O-])c(N2CCN(C(c3ccccc3)c3ccccc3)CC2)c2ncccc21. The molecule has 0 saturated carbocycles. The van der Waals surface area contributed by atoms with Crippen molar-refractivity contribution in [2.45, 2.75) is 12.7 Å². The van der Waals surface area contributed by atoms with E-state index in [1.165, 1.54) is 11.1 Å². The zero-order valence-corrected chi connectivity index (χ0v) is 19.5. The number of nitro groups is 1. The van der Waals surface area contributed by atoms with Crippen molar-refractivity contribution in [3.8, 4) is 0 Å². The Morgan fingerprint density at radius 2 is 1.56 bits per heavy atom. The highest BCUT2D eigenvalue weighted by atomic mass is 16.6. The molecule has 0 spiro atoms. The Labute approximate surface area is 207 Å². The smallest absolute Gasteiger partial charge is 0.359 e. The minimum Gasteiger partial charge on any atom is -0.361 e. The van der Waals surface area contributed by atoms with E-state index in [1.807, 2.05) is 41.3 Å². The van der Waals surface area contributed by atoms with Gasteiger partial charge in [-0.25, -0.2) is 11.1 Å². The highest BCUT2D eigenvalue weighted by molar-refractivity contribution is 5.93. The van der Waals surface area contributed by atoms with Crippen LogP contribution in [0.15, 0.2) is 83.8 Å². The van der Waals surface area contributed by atoms with Gasteiger partial charge in [-0.05, 0) is 23.3 Å². The minimum absolute atomic E-state index is 0.0473. The number of fused-ring (bicyclic) bond motifs is 1. The molecule has 36 heavy (non-hydrogen) atoms. The molecule has 2 aromatic heterocycles. The normalized spacial score (nSPS) is 14.2. The molecule has 0 atom stereocenters. The van der Waals surface area contributed by atoms with Crippen LogP contribution in [0.4, 0.5) is 11.4 Å². The van der Waals surface area contributed by atoms with Gasteiger partial charge in [0.25, 0.3) is 6.67 Å². The number of benzene rings is 2. The summed E-state index contributed by atoms with van der Waals surface area (Å²) in [6.45, 7) is 9.18. The average molecular weight is 481 g/mol. The fraction of sp³-hybridized carbons (Fsp3) is 0.222. The van der Waals surface area contributed by atoms with Crippen LogP contribution in [0.3, 0.4) is 0 Å². The van der Waals surface area contributed by atoms with E-state index in [1.54, 1.807) is 18.3 Å². The number of hydrogen-bond donors (Lipinski definition) is 0. The van der Waals surface area contributed by atoms with Gasteiger partial charge in [0.15, 0.2) is 0 Å². The Bertz CT molecular complexity index is 1450. The van der Waals surface area contributed by atoms with Gasteiger partial charge < -0.3 is 4.90 Å². The Balaban J connectivity index is 1.53. The van der Waals surface area contributed by atoms with Gasteiger partial charge in [-0.15, -0.1) is 0 Å². The second-order valence-corrected chi connectivity index (χ2v) is 8.61. The van der Waals surface area contributed by atoms with Crippen LogP contribution in [0, 0.1) is 16.7 Å². The number of piperazine rings is 1. The highest BCUT2D eigenvalue weighted by Gasteiger charge is 2.34. The lowest BCUT2D eigenvalue weighted by atomic mass is 9.96. The summed E-state index contributed by atoms with van der Waals surface area (Å²) in [6.07, 6.45) is 1.55. The van der Waals surface area contributed by atoms with Crippen LogP contribution >= 0.6 is 0 Å². The number of nitrogens with zero attached hydrogens (tertiary/aromatic N) is 6. The summed E-state index contributed by atoms with van der Waals surface area (Å²) in [5.74, 6) is 0. The number of aromatic nitrogens is 2. The van der Waals surface area contributed by atoms with E-state index < -0.39 is 16.2 Å². The monoisotopic (exact) mass is 480 g/mol. The van der Waals surface area contributed by atoms with Gasteiger partial charge in [0.2, 0.25) is 0 Å². The molecule has 9 heteroatoms. The Kier molecular flexibility index (Phi) is 6.43. The Morgan fingerprint density at radius 3 is 2.11 bits per heavy atom. The van der Waals surface area contributed by atoms with Gasteiger partial charge >= 0.3 is 11.2 Å². The van der Waals surface area contributed by atoms with E-state index in [-0.39, 0.29) is 18.4 Å². The molecule has 1 aliphatic heterocycles. The predicted octanol–water partition coefficient (Wildman–Crippen LogP) is 4.09. The molecule has 3 heterocycles. The molecule has 1 fully saturated rings. The van der Waals surface area contributed by atoms with Crippen LogP contribution in [0.1, 0.15) is 17.2 Å². The molecular formula is C27H24N6O3. The minimum atomic E-state index is -0.777. The van der Waals surface area contributed by atoms with Crippen LogP contribution in [0.2, 0.25) is 0 Å². The lowest BCUT2D eigenvalue weighted by Gasteiger charge is -2.40. The molecule has 0 amide bonds. The van der Waals surface area contributed by atoms with E-state index in [4.69, 9.17) is 6.57 Å². The maximum Gasteiger partial charge on any atom is 0.359 e. The molecule has 0 aliphatic carbocycles. The molecule has 0 radical (unpaired) electrons. The molecule has 0 unspecified atom stereocenters.